The predicted octanol–water partition coefficient (Wildman–Crippen LogP) is 1.59. The Kier molecular flexibility index (Phi) is 2.60. The van der Waals surface area contributed by atoms with Gasteiger partial charge < -0.3 is 10.5 Å². The Morgan fingerprint density at radius 2 is 2.43 bits per heavy atom. The van der Waals surface area contributed by atoms with E-state index in [9.17, 15) is 0 Å². The van der Waals surface area contributed by atoms with Gasteiger partial charge in [-0.15, -0.1) is 11.3 Å². The largest absolute Gasteiger partial charge is 0.379 e. The molecule has 0 radical (unpaired) electrons. The smallest absolute Gasteiger partial charge is 0.115 e. The standard InChI is InChI=1S/C10H16N2OS/c1-3-8-7(2)14-9(12-8)10(11)4-5-13-6-10/h3-6,11H2,1-2H3. The maximum atomic E-state index is 6.24. The van der Waals surface area contributed by atoms with Crippen LogP contribution in [0, 0.1) is 6.92 Å². The fraction of sp³-hybridized carbons (Fsp3) is 0.700. The Morgan fingerprint density at radius 1 is 1.64 bits per heavy atom. The quantitative estimate of drug-likeness (QED) is 0.810. The molecule has 1 aromatic heterocycles. The Labute approximate surface area is 88.3 Å². The van der Waals surface area contributed by atoms with Crippen LogP contribution in [0.4, 0.5) is 0 Å². The lowest BCUT2D eigenvalue weighted by atomic mass is 10.0. The first kappa shape index (κ1) is 10.1. The Hall–Kier alpha value is -0.450. The van der Waals surface area contributed by atoms with Crippen LogP contribution in [0.2, 0.25) is 0 Å². The maximum Gasteiger partial charge on any atom is 0.115 e. The van der Waals surface area contributed by atoms with Crippen molar-refractivity contribution in [3.8, 4) is 0 Å². The van der Waals surface area contributed by atoms with Crippen LogP contribution < -0.4 is 5.73 Å². The number of aromatic nitrogens is 1. The van der Waals surface area contributed by atoms with Crippen molar-refractivity contribution in [2.45, 2.75) is 32.2 Å². The third kappa shape index (κ3) is 1.58. The molecule has 0 spiro atoms. The second kappa shape index (κ2) is 3.61. The van der Waals surface area contributed by atoms with Crippen molar-refractivity contribution in [3.63, 3.8) is 0 Å². The zero-order valence-electron chi connectivity index (χ0n) is 8.67. The van der Waals surface area contributed by atoms with E-state index in [2.05, 4.69) is 18.8 Å². The van der Waals surface area contributed by atoms with Gasteiger partial charge in [0.2, 0.25) is 0 Å². The van der Waals surface area contributed by atoms with Gasteiger partial charge in [-0.05, 0) is 19.8 Å². The van der Waals surface area contributed by atoms with E-state index >= 15 is 0 Å². The summed E-state index contributed by atoms with van der Waals surface area (Å²) in [6.07, 6.45) is 1.88. The fourth-order valence-electron chi connectivity index (χ4n) is 1.72. The molecule has 0 aliphatic carbocycles. The highest BCUT2D eigenvalue weighted by molar-refractivity contribution is 7.11. The number of thiazole rings is 1. The van der Waals surface area contributed by atoms with Crippen molar-refractivity contribution in [2.75, 3.05) is 13.2 Å². The van der Waals surface area contributed by atoms with Crippen LogP contribution in [0.3, 0.4) is 0 Å². The Morgan fingerprint density at radius 3 is 2.93 bits per heavy atom. The van der Waals surface area contributed by atoms with Crippen LogP contribution in [-0.2, 0) is 16.7 Å². The minimum atomic E-state index is -0.317. The van der Waals surface area contributed by atoms with Gasteiger partial charge in [0.1, 0.15) is 5.01 Å². The molecule has 1 fully saturated rings. The second-order valence-corrected chi connectivity index (χ2v) is 5.04. The lowest BCUT2D eigenvalue weighted by Gasteiger charge is -2.17. The molecule has 0 aromatic carbocycles. The van der Waals surface area contributed by atoms with Crippen LogP contribution in [0.1, 0.15) is 28.9 Å². The zero-order chi connectivity index (χ0) is 10.2. The summed E-state index contributed by atoms with van der Waals surface area (Å²) in [5, 5.41) is 1.05. The van der Waals surface area contributed by atoms with Crippen LogP contribution in [-0.4, -0.2) is 18.2 Å². The average Bonchev–Trinajstić information content (AvgIpc) is 2.73. The number of hydrogen-bond acceptors (Lipinski definition) is 4. The van der Waals surface area contributed by atoms with Crippen LogP contribution in [0.5, 0.6) is 0 Å². The first-order valence-electron chi connectivity index (χ1n) is 4.99. The average molecular weight is 212 g/mol. The molecule has 4 heteroatoms. The molecule has 2 rings (SSSR count). The molecule has 2 N–H and O–H groups in total. The van der Waals surface area contributed by atoms with E-state index in [1.165, 1.54) is 10.6 Å². The van der Waals surface area contributed by atoms with E-state index in [1.807, 2.05) is 0 Å². The maximum absolute atomic E-state index is 6.24. The molecule has 14 heavy (non-hydrogen) atoms. The first-order valence-corrected chi connectivity index (χ1v) is 5.81. The molecule has 78 valence electrons. The molecule has 2 heterocycles. The summed E-state index contributed by atoms with van der Waals surface area (Å²) >= 11 is 1.72. The van der Waals surface area contributed by atoms with E-state index in [0.717, 1.165) is 24.5 Å². The summed E-state index contributed by atoms with van der Waals surface area (Å²) in [4.78, 5) is 5.89. The van der Waals surface area contributed by atoms with Crippen molar-refractivity contribution in [2.24, 2.45) is 5.73 Å². The molecule has 1 aliphatic heterocycles. The Balaban J connectivity index is 2.31. The SMILES string of the molecule is CCc1nc(C2(N)CCOC2)sc1C. The molecule has 0 bridgehead atoms. The summed E-state index contributed by atoms with van der Waals surface area (Å²) in [5.41, 5.74) is 7.11. The van der Waals surface area contributed by atoms with Gasteiger partial charge in [-0.3, -0.25) is 0 Å². The summed E-state index contributed by atoms with van der Waals surface area (Å²) in [6, 6.07) is 0. The zero-order valence-corrected chi connectivity index (χ0v) is 9.49. The number of rotatable bonds is 2. The van der Waals surface area contributed by atoms with Crippen LogP contribution >= 0.6 is 11.3 Å². The first-order chi connectivity index (χ1) is 6.65. The molecule has 1 aliphatic rings. The van der Waals surface area contributed by atoms with Gasteiger partial charge in [-0.25, -0.2) is 4.98 Å². The number of nitrogens with two attached hydrogens (primary N) is 1. The third-order valence-corrected chi connectivity index (χ3v) is 3.94. The minimum Gasteiger partial charge on any atom is -0.379 e. The van der Waals surface area contributed by atoms with Gasteiger partial charge in [0.05, 0.1) is 17.8 Å². The van der Waals surface area contributed by atoms with Crippen molar-refractivity contribution in [1.82, 2.24) is 4.98 Å². The van der Waals surface area contributed by atoms with Gasteiger partial charge in [0, 0.05) is 11.5 Å². The fourth-order valence-corrected chi connectivity index (χ4v) is 2.84. The molecular formula is C10H16N2OS. The van der Waals surface area contributed by atoms with E-state index in [0.29, 0.717) is 6.61 Å². The summed E-state index contributed by atoms with van der Waals surface area (Å²) in [5.74, 6) is 0. The van der Waals surface area contributed by atoms with Gasteiger partial charge >= 0.3 is 0 Å². The molecule has 1 saturated heterocycles. The van der Waals surface area contributed by atoms with Crippen LogP contribution in [0.25, 0.3) is 0 Å². The number of nitrogens with zero attached hydrogens (tertiary/aromatic N) is 1. The van der Waals surface area contributed by atoms with Crippen molar-refractivity contribution in [3.05, 3.63) is 15.6 Å². The summed E-state index contributed by atoms with van der Waals surface area (Å²) < 4.78 is 5.34. The molecule has 0 amide bonds. The van der Waals surface area contributed by atoms with Gasteiger partial charge in [0.15, 0.2) is 0 Å². The molecule has 0 saturated carbocycles. The van der Waals surface area contributed by atoms with Gasteiger partial charge in [0.25, 0.3) is 0 Å². The topological polar surface area (TPSA) is 48.1 Å². The lowest BCUT2D eigenvalue weighted by Crippen LogP contribution is -2.36. The number of hydrogen-bond donors (Lipinski definition) is 1. The Bertz CT molecular complexity index is 329. The van der Waals surface area contributed by atoms with Crippen molar-refractivity contribution >= 4 is 11.3 Å². The van der Waals surface area contributed by atoms with Crippen molar-refractivity contribution < 1.29 is 4.74 Å². The van der Waals surface area contributed by atoms with Gasteiger partial charge in [-0.2, -0.15) is 0 Å². The highest BCUT2D eigenvalue weighted by Crippen LogP contribution is 2.32. The highest BCUT2D eigenvalue weighted by atomic mass is 32.1. The van der Waals surface area contributed by atoms with E-state index in [-0.39, 0.29) is 5.54 Å². The molecule has 3 nitrogen and oxygen atoms in total. The molecule has 1 aromatic rings. The van der Waals surface area contributed by atoms with E-state index in [1.54, 1.807) is 11.3 Å². The predicted molar refractivity (Wildman–Crippen MR) is 57.5 cm³/mol. The highest BCUT2D eigenvalue weighted by Gasteiger charge is 2.35. The van der Waals surface area contributed by atoms with E-state index in [4.69, 9.17) is 10.5 Å². The summed E-state index contributed by atoms with van der Waals surface area (Å²) in [6.45, 7) is 5.61. The summed E-state index contributed by atoms with van der Waals surface area (Å²) in [7, 11) is 0. The third-order valence-electron chi connectivity index (χ3n) is 2.71. The lowest BCUT2D eigenvalue weighted by molar-refractivity contribution is 0.178. The number of ether oxygens (including phenoxy) is 1. The van der Waals surface area contributed by atoms with Gasteiger partial charge in [-0.1, -0.05) is 6.92 Å². The van der Waals surface area contributed by atoms with Crippen LogP contribution in [0.15, 0.2) is 0 Å². The monoisotopic (exact) mass is 212 g/mol. The molecule has 1 atom stereocenters. The number of aryl methyl sites for hydroxylation is 2. The molecule has 1 unspecified atom stereocenters. The van der Waals surface area contributed by atoms with Crippen molar-refractivity contribution in [1.29, 1.82) is 0 Å². The molecular weight excluding hydrogens is 196 g/mol. The van der Waals surface area contributed by atoms with E-state index < -0.39 is 0 Å². The second-order valence-electron chi connectivity index (χ2n) is 3.83. The minimum absolute atomic E-state index is 0.317. The normalized spacial score (nSPS) is 27.1.